The fourth-order valence-corrected chi connectivity index (χ4v) is 4.41. The molecule has 3 unspecified atom stereocenters. The number of carboxylic acid groups (broad SMARTS) is 1. The lowest BCUT2D eigenvalue weighted by atomic mass is 9.86. The van der Waals surface area contributed by atoms with Crippen molar-refractivity contribution in [2.75, 3.05) is 6.54 Å². The Bertz CT molecular complexity index is 404. The van der Waals surface area contributed by atoms with Crippen molar-refractivity contribution in [2.24, 2.45) is 17.3 Å². The Hall–Kier alpha value is -1.26. The number of rotatable bonds is 4. The SMILES string of the molecule is O=C(NCC1(C(=O)O)CCCC1)NC1CC2CCC1C2. The number of carbonyl (C=O) groups excluding carboxylic acids is 1. The molecular formula is C15H24N2O3. The summed E-state index contributed by atoms with van der Waals surface area (Å²) >= 11 is 0. The molecule has 2 amide bonds. The standard InChI is InChI=1S/C15H24N2O3/c18-13(19)15(5-1-2-6-15)9-16-14(20)17-12-8-10-3-4-11(12)7-10/h10-12H,1-9H2,(H,18,19)(H2,16,17,20). The van der Waals surface area contributed by atoms with Gasteiger partial charge in [-0.05, 0) is 43.9 Å². The van der Waals surface area contributed by atoms with Gasteiger partial charge in [0.1, 0.15) is 0 Å². The number of fused-ring (bicyclic) bond motifs is 2. The van der Waals surface area contributed by atoms with Crippen molar-refractivity contribution >= 4 is 12.0 Å². The summed E-state index contributed by atoms with van der Waals surface area (Å²) < 4.78 is 0. The summed E-state index contributed by atoms with van der Waals surface area (Å²) in [7, 11) is 0. The van der Waals surface area contributed by atoms with E-state index in [4.69, 9.17) is 0 Å². The summed E-state index contributed by atoms with van der Waals surface area (Å²) in [4.78, 5) is 23.4. The minimum Gasteiger partial charge on any atom is -0.481 e. The van der Waals surface area contributed by atoms with Crippen molar-refractivity contribution in [1.82, 2.24) is 10.6 Å². The average Bonchev–Trinajstić information content (AvgIpc) is 3.13. The minimum absolute atomic E-state index is 0.185. The molecule has 0 spiro atoms. The van der Waals surface area contributed by atoms with E-state index >= 15 is 0 Å². The van der Waals surface area contributed by atoms with E-state index in [0.29, 0.717) is 24.8 Å². The second kappa shape index (κ2) is 5.26. The van der Waals surface area contributed by atoms with E-state index in [-0.39, 0.29) is 12.6 Å². The predicted octanol–water partition coefficient (Wildman–Crippen LogP) is 2.12. The van der Waals surface area contributed by atoms with Crippen LogP contribution in [0.15, 0.2) is 0 Å². The topological polar surface area (TPSA) is 78.4 Å². The monoisotopic (exact) mass is 280 g/mol. The zero-order chi connectivity index (χ0) is 14.2. The van der Waals surface area contributed by atoms with Crippen LogP contribution < -0.4 is 10.6 Å². The summed E-state index contributed by atoms with van der Waals surface area (Å²) in [5.41, 5.74) is -0.730. The van der Waals surface area contributed by atoms with Crippen molar-refractivity contribution in [2.45, 2.75) is 57.4 Å². The van der Waals surface area contributed by atoms with Crippen LogP contribution in [0.2, 0.25) is 0 Å². The van der Waals surface area contributed by atoms with Gasteiger partial charge in [-0.1, -0.05) is 19.3 Å². The molecule has 3 aliphatic rings. The molecule has 0 aliphatic heterocycles. The molecule has 3 rings (SSSR count). The fourth-order valence-electron chi connectivity index (χ4n) is 4.41. The molecule has 0 aromatic rings. The molecule has 0 radical (unpaired) electrons. The summed E-state index contributed by atoms with van der Waals surface area (Å²) in [6, 6.07) is 0.119. The normalized spacial score (nSPS) is 34.1. The summed E-state index contributed by atoms with van der Waals surface area (Å²) in [6.45, 7) is 0.259. The van der Waals surface area contributed by atoms with Gasteiger partial charge in [0.15, 0.2) is 0 Å². The van der Waals surface area contributed by atoms with E-state index < -0.39 is 11.4 Å². The zero-order valence-electron chi connectivity index (χ0n) is 11.9. The lowest BCUT2D eigenvalue weighted by molar-refractivity contribution is -0.148. The highest BCUT2D eigenvalue weighted by Crippen LogP contribution is 2.44. The highest BCUT2D eigenvalue weighted by molar-refractivity contribution is 5.78. The molecule has 20 heavy (non-hydrogen) atoms. The summed E-state index contributed by atoms with van der Waals surface area (Å²) in [5, 5.41) is 15.2. The van der Waals surface area contributed by atoms with Gasteiger partial charge in [-0.25, -0.2) is 4.79 Å². The molecule has 5 heteroatoms. The number of nitrogens with one attached hydrogen (secondary N) is 2. The molecule has 0 aromatic carbocycles. The number of carbonyl (C=O) groups is 2. The second-order valence-corrected chi connectivity index (χ2v) is 6.90. The van der Waals surface area contributed by atoms with Crippen LogP contribution in [0.3, 0.4) is 0 Å². The molecule has 3 saturated carbocycles. The molecule has 112 valence electrons. The van der Waals surface area contributed by atoms with Crippen LogP contribution in [-0.4, -0.2) is 29.7 Å². The molecular weight excluding hydrogens is 256 g/mol. The van der Waals surface area contributed by atoms with E-state index in [0.717, 1.165) is 25.2 Å². The Morgan fingerprint density at radius 2 is 1.90 bits per heavy atom. The Morgan fingerprint density at radius 3 is 2.45 bits per heavy atom. The van der Waals surface area contributed by atoms with Crippen LogP contribution >= 0.6 is 0 Å². The van der Waals surface area contributed by atoms with Gasteiger partial charge in [0.05, 0.1) is 5.41 Å². The number of aliphatic carboxylic acids is 1. The van der Waals surface area contributed by atoms with Crippen LogP contribution in [0.4, 0.5) is 4.79 Å². The first-order valence-electron chi connectivity index (χ1n) is 7.87. The van der Waals surface area contributed by atoms with Crippen LogP contribution in [-0.2, 0) is 4.79 Å². The van der Waals surface area contributed by atoms with Gasteiger partial charge >= 0.3 is 12.0 Å². The molecule has 2 bridgehead atoms. The van der Waals surface area contributed by atoms with Crippen LogP contribution in [0.1, 0.15) is 51.4 Å². The first-order valence-corrected chi connectivity index (χ1v) is 7.87. The third-order valence-electron chi connectivity index (χ3n) is 5.66. The van der Waals surface area contributed by atoms with E-state index in [1.54, 1.807) is 0 Å². The number of urea groups is 1. The largest absolute Gasteiger partial charge is 0.481 e. The van der Waals surface area contributed by atoms with Gasteiger partial charge in [0.25, 0.3) is 0 Å². The smallest absolute Gasteiger partial charge is 0.315 e. The maximum Gasteiger partial charge on any atom is 0.315 e. The highest BCUT2D eigenvalue weighted by Gasteiger charge is 2.42. The third-order valence-corrected chi connectivity index (χ3v) is 5.66. The lowest BCUT2D eigenvalue weighted by Crippen LogP contribution is -2.48. The van der Waals surface area contributed by atoms with Crippen molar-refractivity contribution < 1.29 is 14.7 Å². The number of hydrogen-bond acceptors (Lipinski definition) is 2. The van der Waals surface area contributed by atoms with Gasteiger partial charge < -0.3 is 15.7 Å². The predicted molar refractivity (Wildman–Crippen MR) is 74.3 cm³/mol. The summed E-state index contributed by atoms with van der Waals surface area (Å²) in [5.74, 6) is 0.673. The van der Waals surface area contributed by atoms with Crippen LogP contribution in [0.5, 0.6) is 0 Å². The van der Waals surface area contributed by atoms with Crippen molar-refractivity contribution in [3.63, 3.8) is 0 Å². The van der Waals surface area contributed by atoms with Crippen molar-refractivity contribution in [1.29, 1.82) is 0 Å². The molecule has 3 atom stereocenters. The molecule has 5 nitrogen and oxygen atoms in total. The molecule has 3 fully saturated rings. The fraction of sp³-hybridized carbons (Fsp3) is 0.867. The Balaban J connectivity index is 1.48. The minimum atomic E-state index is -0.768. The van der Waals surface area contributed by atoms with Crippen molar-refractivity contribution in [3.05, 3.63) is 0 Å². The first kappa shape index (κ1) is 13.7. The molecule has 3 aliphatic carbocycles. The van der Waals surface area contributed by atoms with Gasteiger partial charge in [0, 0.05) is 12.6 Å². The number of carboxylic acids is 1. The number of amides is 2. The second-order valence-electron chi connectivity index (χ2n) is 6.90. The molecule has 0 saturated heterocycles. The van der Waals surface area contributed by atoms with E-state index in [1.807, 2.05) is 0 Å². The zero-order valence-corrected chi connectivity index (χ0v) is 11.9. The average molecular weight is 280 g/mol. The molecule has 0 aromatic heterocycles. The van der Waals surface area contributed by atoms with Gasteiger partial charge in [0.2, 0.25) is 0 Å². The van der Waals surface area contributed by atoms with Gasteiger partial charge in [-0.3, -0.25) is 4.79 Å². The third kappa shape index (κ3) is 2.50. The highest BCUT2D eigenvalue weighted by atomic mass is 16.4. The Labute approximate surface area is 119 Å². The maximum atomic E-state index is 12.0. The number of hydrogen-bond donors (Lipinski definition) is 3. The molecule has 3 N–H and O–H groups in total. The first-order chi connectivity index (χ1) is 9.59. The van der Waals surface area contributed by atoms with E-state index in [2.05, 4.69) is 10.6 Å². The van der Waals surface area contributed by atoms with Crippen LogP contribution in [0, 0.1) is 17.3 Å². The quantitative estimate of drug-likeness (QED) is 0.738. The van der Waals surface area contributed by atoms with Gasteiger partial charge in [-0.15, -0.1) is 0 Å². The van der Waals surface area contributed by atoms with E-state index in [1.165, 1.54) is 19.3 Å². The van der Waals surface area contributed by atoms with E-state index in [9.17, 15) is 14.7 Å². The lowest BCUT2D eigenvalue weighted by Gasteiger charge is -2.26. The molecule has 0 heterocycles. The van der Waals surface area contributed by atoms with Gasteiger partial charge in [-0.2, -0.15) is 0 Å². The van der Waals surface area contributed by atoms with Crippen molar-refractivity contribution in [3.8, 4) is 0 Å². The maximum absolute atomic E-state index is 12.0. The Morgan fingerprint density at radius 1 is 1.15 bits per heavy atom. The Kier molecular flexibility index (Phi) is 3.61. The summed E-state index contributed by atoms with van der Waals surface area (Å²) in [6.07, 6.45) is 8.14. The van der Waals surface area contributed by atoms with Crippen LogP contribution in [0.25, 0.3) is 0 Å².